The number of halogens is 4. The number of fused-ring (bicyclic) bond motifs is 3. The summed E-state index contributed by atoms with van der Waals surface area (Å²) < 4.78 is 54.0. The van der Waals surface area contributed by atoms with Crippen LogP contribution in [0.1, 0.15) is 33.0 Å². The van der Waals surface area contributed by atoms with E-state index in [2.05, 4.69) is 20.0 Å². The first kappa shape index (κ1) is 19.4. The Hall–Kier alpha value is -2.95. The molecule has 2 aromatic heterocycles. The van der Waals surface area contributed by atoms with E-state index in [-0.39, 0.29) is 17.9 Å². The minimum atomic E-state index is -5.04. The molecule has 0 fully saturated rings. The first-order valence-corrected chi connectivity index (χ1v) is 9.40. The van der Waals surface area contributed by atoms with Gasteiger partial charge in [0.05, 0.1) is 5.39 Å². The van der Waals surface area contributed by atoms with Gasteiger partial charge in [0, 0.05) is 11.4 Å². The van der Waals surface area contributed by atoms with Gasteiger partial charge in [0.1, 0.15) is 4.83 Å². The maximum Gasteiger partial charge on any atom is 0.573 e. The molecule has 0 saturated heterocycles. The molecule has 1 aromatic carbocycles. The second kappa shape index (κ2) is 7.14. The normalized spacial score (nSPS) is 13.5. The van der Waals surface area contributed by atoms with E-state index in [1.807, 2.05) is 0 Å². The van der Waals surface area contributed by atoms with Gasteiger partial charge >= 0.3 is 6.36 Å². The van der Waals surface area contributed by atoms with Crippen LogP contribution in [0, 0.1) is 5.82 Å². The summed E-state index contributed by atoms with van der Waals surface area (Å²) in [5.74, 6) is -3.08. The molecule has 0 saturated carbocycles. The summed E-state index contributed by atoms with van der Waals surface area (Å²) in [6, 6.07) is 2.86. The van der Waals surface area contributed by atoms with Crippen LogP contribution >= 0.6 is 11.3 Å². The summed E-state index contributed by atoms with van der Waals surface area (Å²) >= 11 is 1.38. The predicted molar refractivity (Wildman–Crippen MR) is 96.5 cm³/mol. The molecule has 1 aliphatic carbocycles. The summed E-state index contributed by atoms with van der Waals surface area (Å²) in [5.41, 5.74) is 0.758. The lowest BCUT2D eigenvalue weighted by atomic mass is 10.2. The number of alkyl halides is 3. The molecule has 152 valence electrons. The molecule has 4 rings (SSSR count). The molecule has 0 unspecified atom stereocenters. The monoisotopic (exact) mass is 427 g/mol. The summed E-state index contributed by atoms with van der Waals surface area (Å²) in [7, 11) is 0. The Bertz CT molecular complexity index is 1170. The quantitative estimate of drug-likeness (QED) is 0.625. The van der Waals surface area contributed by atoms with E-state index in [9.17, 15) is 27.2 Å². The zero-order valence-corrected chi connectivity index (χ0v) is 15.5. The average molecular weight is 427 g/mol. The maximum absolute atomic E-state index is 13.5. The van der Waals surface area contributed by atoms with Crippen molar-refractivity contribution in [1.29, 1.82) is 0 Å². The van der Waals surface area contributed by atoms with E-state index in [0.717, 1.165) is 41.8 Å². The Morgan fingerprint density at radius 2 is 2.10 bits per heavy atom. The molecule has 2 heterocycles. The fraction of sp³-hybridized carbons (Fsp3) is 0.278. The van der Waals surface area contributed by atoms with E-state index in [1.54, 1.807) is 0 Å². The van der Waals surface area contributed by atoms with E-state index in [0.29, 0.717) is 10.2 Å². The van der Waals surface area contributed by atoms with E-state index >= 15 is 0 Å². The van der Waals surface area contributed by atoms with Crippen LogP contribution in [0.5, 0.6) is 5.75 Å². The van der Waals surface area contributed by atoms with Crippen LogP contribution in [-0.2, 0) is 19.4 Å². The molecule has 0 atom stereocenters. The average Bonchev–Trinajstić information content (AvgIpc) is 3.21. The standard InChI is InChI=1S/C18H13F4N3O3S/c19-10-5-4-8(6-11(10)28-18(20,21)22)7-23-16(27)14-24-15(26)13-9-2-1-3-12(9)29-17(13)25-14/h4-6H,1-3,7H2,(H,23,27)(H,24,25,26). The van der Waals surface area contributed by atoms with Crippen LogP contribution in [0.15, 0.2) is 23.0 Å². The molecule has 11 heteroatoms. The minimum Gasteiger partial charge on any atom is -0.403 e. The van der Waals surface area contributed by atoms with Crippen molar-refractivity contribution in [3.8, 4) is 5.75 Å². The smallest absolute Gasteiger partial charge is 0.403 e. The van der Waals surface area contributed by atoms with Crippen molar-refractivity contribution in [2.75, 3.05) is 0 Å². The lowest BCUT2D eigenvalue weighted by Crippen LogP contribution is -2.27. The summed E-state index contributed by atoms with van der Waals surface area (Å²) in [5, 5.41) is 2.95. The fourth-order valence-electron chi connectivity index (χ4n) is 3.24. The number of H-pyrrole nitrogens is 1. The van der Waals surface area contributed by atoms with Gasteiger partial charge in [0.25, 0.3) is 11.5 Å². The lowest BCUT2D eigenvalue weighted by molar-refractivity contribution is -0.275. The Labute approximate surface area is 164 Å². The number of hydrogen-bond acceptors (Lipinski definition) is 5. The van der Waals surface area contributed by atoms with Crippen LogP contribution in [0.3, 0.4) is 0 Å². The van der Waals surface area contributed by atoms with Gasteiger partial charge in [-0.3, -0.25) is 9.59 Å². The second-order valence-electron chi connectivity index (χ2n) is 6.45. The maximum atomic E-state index is 13.5. The molecule has 2 N–H and O–H groups in total. The topological polar surface area (TPSA) is 84.1 Å². The number of nitrogens with zero attached hydrogens (tertiary/aromatic N) is 1. The van der Waals surface area contributed by atoms with Gasteiger partial charge in [0.2, 0.25) is 5.82 Å². The molecule has 3 aromatic rings. The Morgan fingerprint density at radius 1 is 1.31 bits per heavy atom. The number of aryl methyl sites for hydroxylation is 2. The molecule has 29 heavy (non-hydrogen) atoms. The number of hydrogen-bond donors (Lipinski definition) is 2. The molecule has 0 radical (unpaired) electrons. The van der Waals surface area contributed by atoms with Crippen molar-refractivity contribution >= 4 is 27.5 Å². The number of thiophene rings is 1. The number of ether oxygens (including phenoxy) is 1. The van der Waals surface area contributed by atoms with Crippen LogP contribution in [0.2, 0.25) is 0 Å². The third-order valence-corrected chi connectivity index (χ3v) is 5.65. The van der Waals surface area contributed by atoms with Gasteiger partial charge in [0.15, 0.2) is 11.6 Å². The van der Waals surface area contributed by atoms with Crippen molar-refractivity contribution in [2.45, 2.75) is 32.2 Å². The van der Waals surface area contributed by atoms with Crippen molar-refractivity contribution in [3.63, 3.8) is 0 Å². The number of carbonyl (C=O) groups is 1. The van der Waals surface area contributed by atoms with Crippen LogP contribution in [0.4, 0.5) is 17.6 Å². The first-order chi connectivity index (χ1) is 13.7. The molecule has 0 spiro atoms. The third kappa shape index (κ3) is 3.95. The Balaban J connectivity index is 1.52. The fourth-order valence-corrected chi connectivity index (χ4v) is 4.50. The third-order valence-electron chi connectivity index (χ3n) is 4.46. The van der Waals surface area contributed by atoms with Gasteiger partial charge in [-0.1, -0.05) is 6.07 Å². The molecular weight excluding hydrogens is 414 g/mol. The molecular formula is C18H13F4N3O3S. The van der Waals surface area contributed by atoms with E-state index < -0.39 is 29.4 Å². The number of aromatic amines is 1. The van der Waals surface area contributed by atoms with Crippen molar-refractivity contribution in [3.05, 3.63) is 56.2 Å². The molecule has 0 aliphatic heterocycles. The molecule has 0 bridgehead atoms. The zero-order chi connectivity index (χ0) is 20.8. The lowest BCUT2D eigenvalue weighted by Gasteiger charge is -2.11. The van der Waals surface area contributed by atoms with E-state index in [4.69, 9.17) is 0 Å². The zero-order valence-electron chi connectivity index (χ0n) is 14.7. The molecule has 1 aliphatic rings. The summed E-state index contributed by atoms with van der Waals surface area (Å²) in [4.78, 5) is 33.0. The van der Waals surface area contributed by atoms with E-state index in [1.165, 1.54) is 17.4 Å². The SMILES string of the molecule is O=C(NCc1ccc(F)c(OC(F)(F)F)c1)c1nc2sc3c(c2c(=O)[nH]1)CCC3. The number of benzene rings is 1. The Kier molecular flexibility index (Phi) is 4.77. The highest BCUT2D eigenvalue weighted by Gasteiger charge is 2.32. The Morgan fingerprint density at radius 3 is 2.86 bits per heavy atom. The predicted octanol–water partition coefficient (Wildman–Crippen LogP) is 3.44. The highest BCUT2D eigenvalue weighted by atomic mass is 32.1. The van der Waals surface area contributed by atoms with Gasteiger partial charge in [-0.15, -0.1) is 24.5 Å². The number of rotatable bonds is 4. The van der Waals surface area contributed by atoms with Gasteiger partial charge < -0.3 is 15.0 Å². The number of aromatic nitrogens is 2. The molecule has 1 amide bonds. The van der Waals surface area contributed by atoms with Gasteiger partial charge in [-0.25, -0.2) is 9.37 Å². The van der Waals surface area contributed by atoms with Crippen LogP contribution < -0.4 is 15.6 Å². The first-order valence-electron chi connectivity index (χ1n) is 8.58. The number of carbonyl (C=O) groups excluding carboxylic acids is 1. The number of nitrogens with one attached hydrogen (secondary N) is 2. The van der Waals surface area contributed by atoms with Gasteiger partial charge in [-0.05, 0) is 42.5 Å². The van der Waals surface area contributed by atoms with Crippen molar-refractivity contribution in [2.24, 2.45) is 0 Å². The minimum absolute atomic E-state index is 0.178. The summed E-state index contributed by atoms with van der Waals surface area (Å²) in [6.07, 6.45) is -2.37. The highest BCUT2D eigenvalue weighted by Crippen LogP contribution is 2.34. The molecule has 6 nitrogen and oxygen atoms in total. The van der Waals surface area contributed by atoms with Crippen molar-refractivity contribution < 1.29 is 27.1 Å². The highest BCUT2D eigenvalue weighted by molar-refractivity contribution is 7.18. The van der Waals surface area contributed by atoms with Crippen LogP contribution in [-0.4, -0.2) is 22.2 Å². The van der Waals surface area contributed by atoms with Crippen LogP contribution in [0.25, 0.3) is 10.2 Å². The second-order valence-corrected chi connectivity index (χ2v) is 7.53. The number of amides is 1. The summed E-state index contributed by atoms with van der Waals surface area (Å²) in [6.45, 7) is -0.212. The largest absolute Gasteiger partial charge is 0.573 e. The van der Waals surface area contributed by atoms with Crippen molar-refractivity contribution in [1.82, 2.24) is 15.3 Å². The van der Waals surface area contributed by atoms with Gasteiger partial charge in [-0.2, -0.15) is 0 Å².